The van der Waals surface area contributed by atoms with Gasteiger partial charge < -0.3 is 5.32 Å². The maximum Gasteiger partial charge on any atom is 0.252 e. The molecule has 0 fully saturated rings. The molecule has 1 aliphatic rings. The van der Waals surface area contributed by atoms with Crippen LogP contribution in [0.2, 0.25) is 0 Å². The van der Waals surface area contributed by atoms with Gasteiger partial charge >= 0.3 is 0 Å². The zero-order chi connectivity index (χ0) is 14.1. The van der Waals surface area contributed by atoms with Crippen LogP contribution in [0.25, 0.3) is 0 Å². The minimum atomic E-state index is -0.641. The molecule has 0 bridgehead atoms. The Morgan fingerprint density at radius 2 is 2.35 bits per heavy atom. The summed E-state index contributed by atoms with van der Waals surface area (Å²) in [6.45, 7) is 1.95. The van der Waals surface area contributed by atoms with Crippen molar-refractivity contribution in [1.82, 2.24) is 14.8 Å². The molecule has 1 aromatic heterocycles. The van der Waals surface area contributed by atoms with E-state index >= 15 is 0 Å². The van der Waals surface area contributed by atoms with Crippen LogP contribution in [0, 0.1) is 6.92 Å². The maximum absolute atomic E-state index is 12.0. The molecule has 2 heterocycles. The number of amides is 2. The van der Waals surface area contributed by atoms with Crippen LogP contribution in [-0.4, -0.2) is 26.6 Å². The zero-order valence-corrected chi connectivity index (χ0v) is 10.8. The van der Waals surface area contributed by atoms with Gasteiger partial charge in [-0.3, -0.25) is 14.9 Å². The number of aromatic nitrogens is 3. The number of hydrogen-bond donors (Lipinski definition) is 2. The molecule has 2 amide bonds. The molecule has 1 unspecified atom stereocenters. The minimum absolute atomic E-state index is 0.0239. The number of hydrogen-bond acceptors (Lipinski definition) is 4. The fourth-order valence-corrected chi connectivity index (χ4v) is 2.16. The van der Waals surface area contributed by atoms with Crippen molar-refractivity contribution >= 4 is 23.5 Å². The number of fused-ring (bicyclic) bond motifs is 1. The van der Waals surface area contributed by atoms with Gasteiger partial charge in [0.05, 0.1) is 6.42 Å². The van der Waals surface area contributed by atoms with Crippen LogP contribution >= 0.6 is 0 Å². The molecule has 2 N–H and O–H groups in total. The Morgan fingerprint density at radius 3 is 3.15 bits per heavy atom. The molecule has 2 aromatic rings. The lowest BCUT2D eigenvalue weighted by Crippen LogP contribution is -2.23. The first kappa shape index (κ1) is 12.3. The Hall–Kier alpha value is -2.70. The summed E-state index contributed by atoms with van der Waals surface area (Å²) in [5.41, 5.74) is 1.77. The first-order valence-electron chi connectivity index (χ1n) is 6.20. The Balaban J connectivity index is 1.69. The van der Waals surface area contributed by atoms with Crippen molar-refractivity contribution in [1.29, 1.82) is 0 Å². The molecular weight excluding hydrogens is 258 g/mol. The Morgan fingerprint density at radius 1 is 1.50 bits per heavy atom. The SMILES string of the molecule is Cc1cccc(NC(=O)CC2C(=O)Nc3ncnn32)c1. The number of nitrogens with zero attached hydrogens (tertiary/aromatic N) is 3. The Bertz CT molecular complexity index is 679. The Kier molecular flexibility index (Phi) is 2.94. The van der Waals surface area contributed by atoms with E-state index in [2.05, 4.69) is 20.7 Å². The third-order valence-corrected chi connectivity index (χ3v) is 3.09. The number of carbonyl (C=O) groups excluding carboxylic acids is 2. The van der Waals surface area contributed by atoms with E-state index < -0.39 is 6.04 Å². The standard InChI is InChI=1S/C13H13N5O2/c1-8-3-2-4-9(5-8)16-11(19)6-10-12(20)17-13-14-7-15-18(10)13/h2-5,7,10H,6H2,1H3,(H,16,19)(H,14,15,17,20). The minimum Gasteiger partial charge on any atom is -0.326 e. The summed E-state index contributed by atoms with van der Waals surface area (Å²) in [5.74, 6) is -0.123. The van der Waals surface area contributed by atoms with E-state index in [4.69, 9.17) is 0 Å². The highest BCUT2D eigenvalue weighted by Crippen LogP contribution is 2.24. The lowest BCUT2D eigenvalue weighted by molar-refractivity contribution is -0.123. The van der Waals surface area contributed by atoms with E-state index in [0.717, 1.165) is 5.56 Å². The summed E-state index contributed by atoms with van der Waals surface area (Å²) < 4.78 is 1.43. The van der Waals surface area contributed by atoms with Crippen LogP contribution in [0.3, 0.4) is 0 Å². The van der Waals surface area contributed by atoms with Crippen molar-refractivity contribution in [2.45, 2.75) is 19.4 Å². The number of nitrogens with one attached hydrogen (secondary N) is 2. The molecule has 0 saturated heterocycles. The molecule has 1 aromatic carbocycles. The second kappa shape index (κ2) is 4.76. The lowest BCUT2D eigenvalue weighted by atomic mass is 10.2. The van der Waals surface area contributed by atoms with E-state index in [1.807, 2.05) is 25.1 Å². The molecule has 1 aliphatic heterocycles. The smallest absolute Gasteiger partial charge is 0.252 e. The predicted molar refractivity (Wildman–Crippen MR) is 72.1 cm³/mol. The van der Waals surface area contributed by atoms with Crippen molar-refractivity contribution in [3.63, 3.8) is 0 Å². The van der Waals surface area contributed by atoms with E-state index in [-0.39, 0.29) is 18.2 Å². The summed E-state index contributed by atoms with van der Waals surface area (Å²) in [6.07, 6.45) is 1.37. The van der Waals surface area contributed by atoms with Crippen molar-refractivity contribution in [3.05, 3.63) is 36.2 Å². The zero-order valence-electron chi connectivity index (χ0n) is 10.8. The molecule has 0 radical (unpaired) electrons. The second-order valence-electron chi connectivity index (χ2n) is 4.66. The van der Waals surface area contributed by atoms with Crippen molar-refractivity contribution in [2.75, 3.05) is 10.6 Å². The average Bonchev–Trinajstić information content (AvgIpc) is 2.93. The number of carbonyl (C=O) groups is 2. The summed E-state index contributed by atoms with van der Waals surface area (Å²) in [4.78, 5) is 27.6. The van der Waals surface area contributed by atoms with Crippen LogP contribution in [0.4, 0.5) is 11.6 Å². The largest absolute Gasteiger partial charge is 0.326 e. The topological polar surface area (TPSA) is 88.9 Å². The summed E-state index contributed by atoms with van der Waals surface area (Å²) in [6, 6.07) is 6.84. The fraction of sp³-hybridized carbons (Fsp3) is 0.231. The first-order valence-corrected chi connectivity index (χ1v) is 6.20. The van der Waals surface area contributed by atoms with E-state index in [9.17, 15) is 9.59 Å². The van der Waals surface area contributed by atoms with E-state index in [1.54, 1.807) is 6.07 Å². The third kappa shape index (κ3) is 2.25. The number of anilines is 2. The van der Waals surface area contributed by atoms with Crippen LogP contribution in [0.15, 0.2) is 30.6 Å². The molecule has 0 saturated carbocycles. The van der Waals surface area contributed by atoms with Gasteiger partial charge in [0.15, 0.2) is 0 Å². The molecule has 7 heteroatoms. The highest BCUT2D eigenvalue weighted by molar-refractivity contribution is 6.00. The molecule has 0 aliphatic carbocycles. The highest BCUT2D eigenvalue weighted by Gasteiger charge is 2.33. The summed E-state index contributed by atoms with van der Waals surface area (Å²) in [5, 5.41) is 9.29. The number of rotatable bonds is 3. The molecular formula is C13H13N5O2. The second-order valence-corrected chi connectivity index (χ2v) is 4.66. The average molecular weight is 271 g/mol. The van der Waals surface area contributed by atoms with Gasteiger partial charge in [-0.2, -0.15) is 10.1 Å². The Labute approximate surface area is 115 Å². The van der Waals surface area contributed by atoms with Crippen LogP contribution < -0.4 is 10.6 Å². The van der Waals surface area contributed by atoms with Gasteiger partial charge in [0, 0.05) is 5.69 Å². The van der Waals surface area contributed by atoms with Crippen molar-refractivity contribution < 1.29 is 9.59 Å². The quantitative estimate of drug-likeness (QED) is 0.875. The van der Waals surface area contributed by atoms with Gasteiger partial charge in [0.2, 0.25) is 11.9 Å². The molecule has 0 spiro atoms. The molecule has 102 valence electrons. The maximum atomic E-state index is 12.0. The third-order valence-electron chi connectivity index (χ3n) is 3.09. The summed E-state index contributed by atoms with van der Waals surface area (Å²) >= 11 is 0. The lowest BCUT2D eigenvalue weighted by Gasteiger charge is -2.09. The van der Waals surface area contributed by atoms with Crippen molar-refractivity contribution in [3.8, 4) is 0 Å². The van der Waals surface area contributed by atoms with Crippen LogP contribution in [-0.2, 0) is 9.59 Å². The number of benzene rings is 1. The predicted octanol–water partition coefficient (Wildman–Crippen LogP) is 1.11. The fourth-order valence-electron chi connectivity index (χ4n) is 2.16. The summed E-state index contributed by atoms with van der Waals surface area (Å²) in [7, 11) is 0. The van der Waals surface area contributed by atoms with Gasteiger partial charge in [0.25, 0.3) is 5.91 Å². The van der Waals surface area contributed by atoms with E-state index in [0.29, 0.717) is 11.6 Å². The number of aryl methyl sites for hydroxylation is 1. The monoisotopic (exact) mass is 271 g/mol. The van der Waals surface area contributed by atoms with Crippen LogP contribution in [0.1, 0.15) is 18.0 Å². The van der Waals surface area contributed by atoms with Gasteiger partial charge in [-0.25, -0.2) is 4.68 Å². The molecule has 20 heavy (non-hydrogen) atoms. The van der Waals surface area contributed by atoms with Gasteiger partial charge in [-0.1, -0.05) is 12.1 Å². The van der Waals surface area contributed by atoms with Gasteiger partial charge in [-0.05, 0) is 24.6 Å². The molecule has 3 rings (SSSR count). The van der Waals surface area contributed by atoms with Crippen molar-refractivity contribution in [2.24, 2.45) is 0 Å². The highest BCUT2D eigenvalue weighted by atomic mass is 16.2. The molecule has 1 atom stereocenters. The first-order chi connectivity index (χ1) is 9.63. The normalized spacial score (nSPS) is 16.6. The van der Waals surface area contributed by atoms with Gasteiger partial charge in [-0.15, -0.1) is 0 Å². The van der Waals surface area contributed by atoms with E-state index in [1.165, 1.54) is 11.0 Å². The van der Waals surface area contributed by atoms with Crippen LogP contribution in [0.5, 0.6) is 0 Å². The molecule has 7 nitrogen and oxygen atoms in total. The van der Waals surface area contributed by atoms with Gasteiger partial charge in [0.1, 0.15) is 12.4 Å².